The van der Waals surface area contributed by atoms with Crippen LogP contribution < -0.4 is 10.6 Å². The van der Waals surface area contributed by atoms with E-state index < -0.39 is 0 Å². The molecule has 1 fully saturated rings. The molecule has 0 unspecified atom stereocenters. The van der Waals surface area contributed by atoms with E-state index in [1.54, 1.807) is 29.0 Å². The summed E-state index contributed by atoms with van der Waals surface area (Å²) in [6.45, 7) is 3.18. The zero-order valence-corrected chi connectivity index (χ0v) is 16.4. The number of amides is 3. The van der Waals surface area contributed by atoms with Gasteiger partial charge in [0.1, 0.15) is 0 Å². The fourth-order valence-corrected chi connectivity index (χ4v) is 3.47. The van der Waals surface area contributed by atoms with Gasteiger partial charge in [0.25, 0.3) is 5.91 Å². The molecule has 0 bridgehead atoms. The summed E-state index contributed by atoms with van der Waals surface area (Å²) in [5, 5.41) is 9.99. The van der Waals surface area contributed by atoms with Crippen molar-refractivity contribution >= 4 is 33.6 Å². The number of piperidine rings is 1. The lowest BCUT2D eigenvalue weighted by Crippen LogP contribution is -2.47. The number of urea groups is 1. The highest BCUT2D eigenvalue weighted by molar-refractivity contribution is 9.10. The molecule has 1 aromatic heterocycles. The van der Waals surface area contributed by atoms with E-state index in [1.165, 1.54) is 0 Å². The zero-order chi connectivity index (χ0) is 18.7. The largest absolute Gasteiger partial charge is 0.349 e. The molecule has 0 spiro atoms. The fraction of sp³-hybridized carbons (Fsp3) is 0.389. The Kier molecular flexibility index (Phi) is 5.61. The van der Waals surface area contributed by atoms with Crippen LogP contribution in [0, 0.1) is 6.92 Å². The molecule has 1 saturated heterocycles. The van der Waals surface area contributed by atoms with Crippen LogP contribution in [0.1, 0.15) is 28.8 Å². The summed E-state index contributed by atoms with van der Waals surface area (Å²) in [7, 11) is 1.78. The number of rotatable bonds is 3. The number of likely N-dealkylation sites (tertiary alicyclic amines) is 1. The van der Waals surface area contributed by atoms with Crippen molar-refractivity contribution in [2.75, 3.05) is 18.4 Å². The summed E-state index contributed by atoms with van der Waals surface area (Å²) in [6.07, 6.45) is 4.72. The van der Waals surface area contributed by atoms with Gasteiger partial charge >= 0.3 is 6.03 Å². The molecule has 0 atom stereocenters. The maximum absolute atomic E-state index is 12.5. The van der Waals surface area contributed by atoms with Crippen molar-refractivity contribution in [3.8, 4) is 0 Å². The summed E-state index contributed by atoms with van der Waals surface area (Å²) in [6, 6.07) is 5.73. The zero-order valence-electron chi connectivity index (χ0n) is 14.8. The Morgan fingerprint density at radius 2 is 2.00 bits per heavy atom. The highest BCUT2D eigenvalue weighted by Gasteiger charge is 2.24. The molecule has 1 aliphatic heterocycles. The lowest BCUT2D eigenvalue weighted by Gasteiger charge is -2.32. The van der Waals surface area contributed by atoms with Crippen LogP contribution in [0.5, 0.6) is 0 Å². The summed E-state index contributed by atoms with van der Waals surface area (Å²) in [4.78, 5) is 26.4. The lowest BCUT2D eigenvalue weighted by atomic mass is 10.0. The third-order valence-electron chi connectivity index (χ3n) is 4.51. The molecular formula is C18H22BrN5O2. The van der Waals surface area contributed by atoms with Crippen LogP contribution in [0.15, 0.2) is 35.1 Å². The number of hydrogen-bond acceptors (Lipinski definition) is 3. The Hall–Kier alpha value is -2.35. The minimum Gasteiger partial charge on any atom is -0.349 e. The predicted octanol–water partition coefficient (Wildman–Crippen LogP) is 2.92. The third-order valence-corrected chi connectivity index (χ3v) is 5.01. The van der Waals surface area contributed by atoms with Crippen LogP contribution in [0.3, 0.4) is 0 Å². The Bertz CT molecular complexity index is 812. The molecule has 2 heterocycles. The summed E-state index contributed by atoms with van der Waals surface area (Å²) >= 11 is 3.42. The second-order valence-corrected chi connectivity index (χ2v) is 7.44. The first-order valence-corrected chi connectivity index (χ1v) is 9.33. The second kappa shape index (κ2) is 7.90. The maximum atomic E-state index is 12.5. The highest BCUT2D eigenvalue weighted by Crippen LogP contribution is 2.21. The van der Waals surface area contributed by atoms with E-state index >= 15 is 0 Å². The molecule has 8 heteroatoms. The van der Waals surface area contributed by atoms with Crippen molar-refractivity contribution < 1.29 is 9.59 Å². The summed E-state index contributed by atoms with van der Waals surface area (Å²) < 4.78 is 2.59. The second-order valence-electron chi connectivity index (χ2n) is 6.53. The van der Waals surface area contributed by atoms with Gasteiger partial charge in [0.15, 0.2) is 0 Å². The van der Waals surface area contributed by atoms with E-state index in [4.69, 9.17) is 0 Å². The number of hydrogen-bond donors (Lipinski definition) is 2. The van der Waals surface area contributed by atoms with Gasteiger partial charge in [-0.05, 0) is 43.5 Å². The van der Waals surface area contributed by atoms with Gasteiger partial charge in [-0.1, -0.05) is 15.9 Å². The molecule has 0 radical (unpaired) electrons. The monoisotopic (exact) mass is 419 g/mol. The average Bonchev–Trinajstić information content (AvgIpc) is 3.04. The number of nitrogens with zero attached hydrogens (tertiary/aromatic N) is 3. The summed E-state index contributed by atoms with van der Waals surface area (Å²) in [5.41, 5.74) is 2.37. The van der Waals surface area contributed by atoms with E-state index in [-0.39, 0.29) is 18.0 Å². The van der Waals surface area contributed by atoms with Gasteiger partial charge in [-0.3, -0.25) is 9.48 Å². The standard InChI is InChI=1S/C18H22BrN5O2/c1-12-9-14(19)3-4-16(12)22-18(26)24-7-5-15(6-8-24)21-17(25)13-10-20-23(2)11-13/h3-4,9-11,15H,5-8H2,1-2H3,(H,21,25)(H,22,26). The number of nitrogens with one attached hydrogen (secondary N) is 2. The predicted molar refractivity (Wildman–Crippen MR) is 103 cm³/mol. The SMILES string of the molecule is Cc1cc(Br)ccc1NC(=O)N1CCC(NC(=O)c2cnn(C)c2)CC1. The molecule has 1 aliphatic rings. The van der Waals surface area contributed by atoms with Crippen LogP contribution >= 0.6 is 15.9 Å². The minimum atomic E-state index is -0.119. The Morgan fingerprint density at radius 1 is 1.27 bits per heavy atom. The summed E-state index contributed by atoms with van der Waals surface area (Å²) in [5.74, 6) is -0.119. The molecule has 2 aromatic rings. The van der Waals surface area contributed by atoms with E-state index in [9.17, 15) is 9.59 Å². The topological polar surface area (TPSA) is 79.3 Å². The number of carbonyl (C=O) groups is 2. The van der Waals surface area contributed by atoms with Gasteiger partial charge in [-0.2, -0.15) is 5.10 Å². The molecule has 7 nitrogen and oxygen atoms in total. The van der Waals surface area contributed by atoms with Crippen LogP contribution in [0.25, 0.3) is 0 Å². The van der Waals surface area contributed by atoms with Gasteiger partial charge in [0.2, 0.25) is 0 Å². The first-order chi connectivity index (χ1) is 12.4. The fourth-order valence-electron chi connectivity index (χ4n) is 3.00. The average molecular weight is 420 g/mol. The number of carbonyl (C=O) groups excluding carboxylic acids is 2. The molecule has 3 amide bonds. The minimum absolute atomic E-state index is 0.0705. The molecule has 0 saturated carbocycles. The van der Waals surface area contributed by atoms with Gasteiger partial charge < -0.3 is 15.5 Å². The Labute approximate surface area is 160 Å². The van der Waals surface area contributed by atoms with Crippen molar-refractivity contribution in [2.24, 2.45) is 7.05 Å². The van der Waals surface area contributed by atoms with E-state index in [2.05, 4.69) is 31.7 Å². The van der Waals surface area contributed by atoms with Crippen LogP contribution in [0.2, 0.25) is 0 Å². The molecule has 26 heavy (non-hydrogen) atoms. The van der Waals surface area contributed by atoms with E-state index in [1.807, 2.05) is 25.1 Å². The lowest BCUT2D eigenvalue weighted by molar-refractivity contribution is 0.0919. The Morgan fingerprint density at radius 3 is 2.62 bits per heavy atom. The molecule has 1 aromatic carbocycles. The Balaban J connectivity index is 1.50. The number of aryl methyl sites for hydroxylation is 2. The number of benzene rings is 1. The molecule has 138 valence electrons. The first-order valence-electron chi connectivity index (χ1n) is 8.54. The molecule has 3 rings (SSSR count). The number of anilines is 1. The van der Waals surface area contributed by atoms with Crippen molar-refractivity contribution in [1.82, 2.24) is 20.0 Å². The highest BCUT2D eigenvalue weighted by atomic mass is 79.9. The molecule has 2 N–H and O–H groups in total. The van der Waals surface area contributed by atoms with Crippen LogP contribution in [-0.2, 0) is 7.05 Å². The van der Waals surface area contributed by atoms with Crippen molar-refractivity contribution in [3.63, 3.8) is 0 Å². The van der Waals surface area contributed by atoms with Gasteiger partial charge in [-0.15, -0.1) is 0 Å². The molecular weight excluding hydrogens is 398 g/mol. The third kappa shape index (κ3) is 4.43. The number of halogens is 1. The quantitative estimate of drug-likeness (QED) is 0.802. The van der Waals surface area contributed by atoms with Crippen molar-refractivity contribution in [2.45, 2.75) is 25.8 Å². The smallest absolute Gasteiger partial charge is 0.321 e. The van der Waals surface area contributed by atoms with Gasteiger partial charge in [-0.25, -0.2) is 4.79 Å². The van der Waals surface area contributed by atoms with E-state index in [0.717, 1.165) is 28.6 Å². The maximum Gasteiger partial charge on any atom is 0.321 e. The van der Waals surface area contributed by atoms with Crippen LogP contribution in [-0.4, -0.2) is 45.8 Å². The normalized spacial score (nSPS) is 15.0. The van der Waals surface area contributed by atoms with Crippen molar-refractivity contribution in [1.29, 1.82) is 0 Å². The van der Waals surface area contributed by atoms with E-state index in [0.29, 0.717) is 18.7 Å². The van der Waals surface area contributed by atoms with Gasteiger partial charge in [0.05, 0.1) is 11.8 Å². The molecule has 0 aliphatic carbocycles. The van der Waals surface area contributed by atoms with Gasteiger partial charge in [0, 0.05) is 42.5 Å². The first kappa shape index (κ1) is 18.4. The van der Waals surface area contributed by atoms with Crippen molar-refractivity contribution in [3.05, 3.63) is 46.2 Å². The number of aromatic nitrogens is 2. The van der Waals surface area contributed by atoms with Crippen LogP contribution in [0.4, 0.5) is 10.5 Å².